The molecule has 2 aromatic heterocycles. The van der Waals surface area contributed by atoms with Gasteiger partial charge in [-0.25, -0.2) is 9.67 Å². The van der Waals surface area contributed by atoms with Crippen LogP contribution in [0.15, 0.2) is 96.1 Å². The van der Waals surface area contributed by atoms with Crippen LogP contribution in [0.4, 0.5) is 0 Å². The van der Waals surface area contributed by atoms with E-state index in [1.165, 1.54) is 4.68 Å². The fraction of sp³-hybridized carbons (Fsp3) is 0.143. The molecule has 3 aromatic carbocycles. The van der Waals surface area contributed by atoms with Crippen LogP contribution in [0.3, 0.4) is 0 Å². The second-order valence-corrected chi connectivity index (χ2v) is 8.42. The van der Waals surface area contributed by atoms with Crippen molar-refractivity contribution < 1.29 is 9.53 Å². The largest absolute Gasteiger partial charge is 0.497 e. The van der Waals surface area contributed by atoms with Crippen LogP contribution in [0, 0.1) is 0 Å². The second-order valence-electron chi connectivity index (χ2n) is 8.42. The van der Waals surface area contributed by atoms with E-state index in [0.717, 1.165) is 11.1 Å². The third-order valence-electron chi connectivity index (χ3n) is 6.08. The lowest BCUT2D eigenvalue weighted by molar-refractivity contribution is 0.0935. The Morgan fingerprint density at radius 3 is 2.47 bits per heavy atom. The number of benzene rings is 3. The molecule has 1 unspecified atom stereocenters. The number of ether oxygens (including phenoxy) is 1. The Labute approximate surface area is 207 Å². The molecule has 8 nitrogen and oxygen atoms in total. The van der Waals surface area contributed by atoms with E-state index in [2.05, 4.69) is 15.4 Å². The van der Waals surface area contributed by atoms with Crippen molar-refractivity contribution in [3.05, 3.63) is 124 Å². The van der Waals surface area contributed by atoms with Gasteiger partial charge in [-0.05, 0) is 29.3 Å². The highest BCUT2D eigenvalue weighted by molar-refractivity contribution is 6.05. The first-order valence-corrected chi connectivity index (χ1v) is 11.5. The second kappa shape index (κ2) is 9.87. The predicted molar refractivity (Wildman–Crippen MR) is 137 cm³/mol. The van der Waals surface area contributed by atoms with Crippen molar-refractivity contribution in [2.45, 2.75) is 12.6 Å². The average molecular weight is 480 g/mol. The maximum Gasteiger partial charge on any atom is 0.274 e. The van der Waals surface area contributed by atoms with Crippen molar-refractivity contribution in [1.82, 2.24) is 24.6 Å². The zero-order valence-electron chi connectivity index (χ0n) is 20.0. The van der Waals surface area contributed by atoms with Gasteiger partial charge < -0.3 is 14.6 Å². The summed E-state index contributed by atoms with van der Waals surface area (Å²) in [4.78, 5) is 31.4. The molecule has 1 atom stereocenters. The van der Waals surface area contributed by atoms with Crippen molar-refractivity contribution in [3.8, 4) is 5.75 Å². The van der Waals surface area contributed by atoms with Gasteiger partial charge in [-0.3, -0.25) is 9.59 Å². The van der Waals surface area contributed by atoms with Crippen LogP contribution >= 0.6 is 0 Å². The molecule has 0 spiro atoms. The fourth-order valence-electron chi connectivity index (χ4n) is 4.24. The smallest absolute Gasteiger partial charge is 0.274 e. The molecule has 0 bridgehead atoms. The van der Waals surface area contributed by atoms with E-state index in [0.29, 0.717) is 22.3 Å². The van der Waals surface area contributed by atoms with Gasteiger partial charge in [0, 0.05) is 24.8 Å². The van der Waals surface area contributed by atoms with Gasteiger partial charge in [-0.15, -0.1) is 0 Å². The number of carbonyl (C=O) groups is 1. The number of fused-ring (bicyclic) bond motifs is 1. The van der Waals surface area contributed by atoms with E-state index in [9.17, 15) is 9.59 Å². The third kappa shape index (κ3) is 4.48. The van der Waals surface area contributed by atoms with Crippen molar-refractivity contribution in [2.75, 3.05) is 7.11 Å². The minimum absolute atomic E-state index is 0.170. The molecule has 1 amide bonds. The van der Waals surface area contributed by atoms with E-state index in [4.69, 9.17) is 4.74 Å². The molecule has 180 valence electrons. The number of hydrogen-bond acceptors (Lipinski definition) is 5. The molecule has 36 heavy (non-hydrogen) atoms. The van der Waals surface area contributed by atoms with E-state index < -0.39 is 11.9 Å². The van der Waals surface area contributed by atoms with Crippen LogP contribution in [0.25, 0.3) is 10.8 Å². The summed E-state index contributed by atoms with van der Waals surface area (Å²) in [5.41, 5.74) is 1.64. The monoisotopic (exact) mass is 479 g/mol. The summed E-state index contributed by atoms with van der Waals surface area (Å²) in [6.45, 7) is 0.253. The fourth-order valence-corrected chi connectivity index (χ4v) is 4.24. The summed E-state index contributed by atoms with van der Waals surface area (Å²) in [7, 11) is 3.47. The van der Waals surface area contributed by atoms with E-state index in [-0.39, 0.29) is 17.8 Å². The van der Waals surface area contributed by atoms with E-state index in [1.54, 1.807) is 37.6 Å². The SMILES string of the molecule is COc1cccc(C(NC(=O)c2nn(Cc3ccccc3)c(=O)c3ccccc23)c2nccn2C)c1. The molecule has 5 aromatic rings. The number of nitrogens with zero attached hydrogens (tertiary/aromatic N) is 4. The third-order valence-corrected chi connectivity index (χ3v) is 6.08. The predicted octanol–water partition coefficient (Wildman–Crippen LogP) is 3.71. The van der Waals surface area contributed by atoms with Crippen LogP contribution in [-0.4, -0.2) is 32.3 Å². The molecule has 8 heteroatoms. The number of aryl methyl sites for hydroxylation is 1. The first kappa shape index (κ1) is 23.0. The van der Waals surface area contributed by atoms with Crippen molar-refractivity contribution in [3.63, 3.8) is 0 Å². The number of methoxy groups -OCH3 is 1. The van der Waals surface area contributed by atoms with Crippen LogP contribution in [0.1, 0.15) is 33.5 Å². The van der Waals surface area contributed by atoms with Gasteiger partial charge >= 0.3 is 0 Å². The Morgan fingerprint density at radius 1 is 1.00 bits per heavy atom. The molecule has 0 saturated heterocycles. The quantitative estimate of drug-likeness (QED) is 0.384. The number of nitrogens with one attached hydrogen (secondary N) is 1. The molecule has 0 fully saturated rings. The zero-order chi connectivity index (χ0) is 25.1. The highest BCUT2D eigenvalue weighted by Gasteiger charge is 2.25. The lowest BCUT2D eigenvalue weighted by Crippen LogP contribution is -2.34. The number of amides is 1. The van der Waals surface area contributed by atoms with Crippen LogP contribution in [0.2, 0.25) is 0 Å². The Bertz CT molecular complexity index is 1590. The Kier molecular flexibility index (Phi) is 6.32. The number of rotatable bonds is 7. The molecular weight excluding hydrogens is 454 g/mol. The van der Waals surface area contributed by atoms with Gasteiger partial charge in [0.15, 0.2) is 5.69 Å². The normalized spacial score (nSPS) is 11.8. The maximum absolute atomic E-state index is 13.8. The molecule has 5 rings (SSSR count). The van der Waals surface area contributed by atoms with Crippen LogP contribution < -0.4 is 15.6 Å². The first-order chi connectivity index (χ1) is 17.5. The highest BCUT2D eigenvalue weighted by Crippen LogP contribution is 2.25. The number of imidazole rings is 1. The first-order valence-electron chi connectivity index (χ1n) is 11.5. The minimum Gasteiger partial charge on any atom is -0.497 e. The zero-order valence-corrected chi connectivity index (χ0v) is 20.0. The summed E-state index contributed by atoms with van der Waals surface area (Å²) in [6.07, 6.45) is 3.50. The maximum atomic E-state index is 13.8. The van der Waals surface area contributed by atoms with E-state index >= 15 is 0 Å². The Balaban J connectivity index is 1.59. The summed E-state index contributed by atoms with van der Waals surface area (Å²) in [6, 6.07) is 23.5. The molecule has 0 saturated carbocycles. The number of hydrogen-bond donors (Lipinski definition) is 1. The van der Waals surface area contributed by atoms with Gasteiger partial charge in [0.25, 0.3) is 11.5 Å². The topological polar surface area (TPSA) is 91.0 Å². The number of carbonyl (C=O) groups excluding carboxylic acids is 1. The van der Waals surface area contributed by atoms with Crippen LogP contribution in [-0.2, 0) is 13.6 Å². The van der Waals surface area contributed by atoms with Crippen molar-refractivity contribution >= 4 is 16.7 Å². The van der Waals surface area contributed by atoms with Crippen molar-refractivity contribution in [2.24, 2.45) is 7.05 Å². The summed E-state index contributed by atoms with van der Waals surface area (Å²) >= 11 is 0. The Morgan fingerprint density at radius 2 is 1.75 bits per heavy atom. The van der Waals surface area contributed by atoms with Gasteiger partial charge in [0.1, 0.15) is 17.6 Å². The molecule has 0 aliphatic carbocycles. The minimum atomic E-state index is -0.567. The number of aromatic nitrogens is 4. The Hall–Kier alpha value is -4.72. The lowest BCUT2D eigenvalue weighted by atomic mass is 10.0. The van der Waals surface area contributed by atoms with Gasteiger partial charge in [-0.1, -0.05) is 60.7 Å². The van der Waals surface area contributed by atoms with E-state index in [1.807, 2.05) is 72.4 Å². The average Bonchev–Trinajstić information content (AvgIpc) is 3.34. The molecule has 0 aliphatic rings. The van der Waals surface area contributed by atoms with Gasteiger partial charge in [0.05, 0.1) is 19.0 Å². The highest BCUT2D eigenvalue weighted by atomic mass is 16.5. The molecule has 2 heterocycles. The summed E-state index contributed by atoms with van der Waals surface area (Å²) in [5.74, 6) is 0.906. The summed E-state index contributed by atoms with van der Waals surface area (Å²) < 4.78 is 8.59. The van der Waals surface area contributed by atoms with Crippen molar-refractivity contribution in [1.29, 1.82) is 0 Å². The van der Waals surface area contributed by atoms with Gasteiger partial charge in [-0.2, -0.15) is 5.10 Å². The van der Waals surface area contributed by atoms with Crippen LogP contribution in [0.5, 0.6) is 5.75 Å². The molecule has 1 N–H and O–H groups in total. The molecule has 0 radical (unpaired) electrons. The van der Waals surface area contributed by atoms with Gasteiger partial charge in [0.2, 0.25) is 0 Å². The lowest BCUT2D eigenvalue weighted by Gasteiger charge is -2.20. The standard InChI is InChI=1S/C28H25N5O3/c1-32-16-15-29-26(32)24(20-11-8-12-21(17-20)36-2)30-27(34)25-22-13-6-7-14-23(22)28(35)33(31-25)18-19-9-4-3-5-10-19/h3-17,24H,18H2,1-2H3,(H,30,34). The molecular formula is C28H25N5O3. The molecule has 0 aliphatic heterocycles. The summed E-state index contributed by atoms with van der Waals surface area (Å²) in [5, 5.41) is 8.54.